The Bertz CT molecular complexity index is 741. The Morgan fingerprint density at radius 2 is 2.15 bits per heavy atom. The van der Waals surface area contributed by atoms with Gasteiger partial charge in [-0.15, -0.1) is 0 Å². The predicted molar refractivity (Wildman–Crippen MR) is 81.8 cm³/mol. The first kappa shape index (κ1) is 13.2. The summed E-state index contributed by atoms with van der Waals surface area (Å²) in [5.41, 5.74) is 9.25. The Kier molecular flexibility index (Phi) is 3.51. The van der Waals surface area contributed by atoms with E-state index in [9.17, 15) is 0 Å². The van der Waals surface area contributed by atoms with Crippen LogP contribution >= 0.6 is 11.6 Å². The molecule has 0 radical (unpaired) electrons. The summed E-state index contributed by atoms with van der Waals surface area (Å²) >= 11 is 6.11. The van der Waals surface area contributed by atoms with Crippen LogP contribution in [-0.2, 0) is 19.6 Å². The largest absolute Gasteiger partial charge is 0.343 e. The lowest BCUT2D eigenvalue weighted by Crippen LogP contribution is -1.98. The Morgan fingerprint density at radius 1 is 1.30 bits per heavy atom. The van der Waals surface area contributed by atoms with Gasteiger partial charge in [0.2, 0.25) is 0 Å². The lowest BCUT2D eigenvalue weighted by Gasteiger charge is -2.03. The number of hydrogen-bond donors (Lipinski definition) is 1. The van der Waals surface area contributed by atoms with E-state index in [1.54, 1.807) is 0 Å². The maximum absolute atomic E-state index is 6.11. The molecule has 1 aromatic carbocycles. The molecular formula is C15H17ClN4. The van der Waals surface area contributed by atoms with Crippen LogP contribution in [0.3, 0.4) is 0 Å². The van der Waals surface area contributed by atoms with Gasteiger partial charge < -0.3 is 10.3 Å². The lowest BCUT2D eigenvalue weighted by molar-refractivity contribution is 0.658. The first-order valence-corrected chi connectivity index (χ1v) is 7.07. The van der Waals surface area contributed by atoms with Crippen LogP contribution in [0.1, 0.15) is 18.1 Å². The molecule has 20 heavy (non-hydrogen) atoms. The van der Waals surface area contributed by atoms with Crippen molar-refractivity contribution in [2.45, 2.75) is 26.6 Å². The summed E-state index contributed by atoms with van der Waals surface area (Å²) in [5, 5.41) is 6.21. The highest BCUT2D eigenvalue weighted by molar-refractivity contribution is 6.31. The predicted octanol–water partition coefficient (Wildman–Crippen LogP) is 3.02. The third kappa shape index (κ3) is 2.32. The van der Waals surface area contributed by atoms with E-state index in [4.69, 9.17) is 17.3 Å². The molecule has 104 valence electrons. The van der Waals surface area contributed by atoms with E-state index < -0.39 is 0 Å². The molecule has 0 aliphatic carbocycles. The molecule has 0 atom stereocenters. The molecule has 0 spiro atoms. The molecular weight excluding hydrogens is 272 g/mol. The summed E-state index contributed by atoms with van der Waals surface area (Å²) < 4.78 is 4.11. The molecule has 2 N–H and O–H groups in total. The monoisotopic (exact) mass is 288 g/mol. The van der Waals surface area contributed by atoms with Crippen molar-refractivity contribution in [1.29, 1.82) is 0 Å². The number of nitrogens with zero attached hydrogens (tertiary/aromatic N) is 3. The zero-order chi connectivity index (χ0) is 14.1. The molecule has 2 heterocycles. The van der Waals surface area contributed by atoms with Gasteiger partial charge in [0.05, 0.1) is 18.3 Å². The fourth-order valence-corrected chi connectivity index (χ4v) is 2.66. The average Bonchev–Trinajstić information content (AvgIpc) is 3.04. The van der Waals surface area contributed by atoms with E-state index >= 15 is 0 Å². The van der Waals surface area contributed by atoms with Crippen molar-refractivity contribution in [2.24, 2.45) is 5.73 Å². The van der Waals surface area contributed by atoms with E-state index in [1.807, 2.05) is 29.1 Å². The van der Waals surface area contributed by atoms with Crippen molar-refractivity contribution < 1.29 is 0 Å². The van der Waals surface area contributed by atoms with E-state index in [0.717, 1.165) is 29.2 Å². The highest BCUT2D eigenvalue weighted by atomic mass is 35.5. The van der Waals surface area contributed by atoms with Gasteiger partial charge in [0.1, 0.15) is 0 Å². The zero-order valence-electron chi connectivity index (χ0n) is 11.4. The fourth-order valence-electron chi connectivity index (χ4n) is 2.49. The minimum atomic E-state index is 0.527. The highest BCUT2D eigenvalue weighted by Gasteiger charge is 2.09. The number of benzene rings is 1. The third-order valence-corrected chi connectivity index (χ3v) is 3.75. The van der Waals surface area contributed by atoms with Crippen molar-refractivity contribution in [3.05, 3.63) is 52.9 Å². The number of hydrogen-bond acceptors (Lipinski definition) is 2. The Hall–Kier alpha value is -1.78. The molecule has 0 saturated heterocycles. The first-order chi connectivity index (χ1) is 9.71. The van der Waals surface area contributed by atoms with E-state index in [1.165, 1.54) is 10.9 Å². The second kappa shape index (κ2) is 5.31. The molecule has 4 nitrogen and oxygen atoms in total. The van der Waals surface area contributed by atoms with Gasteiger partial charge in [-0.2, -0.15) is 5.10 Å². The van der Waals surface area contributed by atoms with Crippen LogP contribution in [0.15, 0.2) is 36.8 Å². The number of aryl methyl sites for hydroxylation is 1. The molecule has 0 unspecified atom stereocenters. The van der Waals surface area contributed by atoms with Gasteiger partial charge in [0.25, 0.3) is 0 Å². The summed E-state index contributed by atoms with van der Waals surface area (Å²) in [5.74, 6) is 0. The average molecular weight is 289 g/mol. The van der Waals surface area contributed by atoms with Gasteiger partial charge in [-0.25, -0.2) is 0 Å². The van der Waals surface area contributed by atoms with Crippen molar-refractivity contribution in [3.8, 4) is 0 Å². The molecule has 5 heteroatoms. The van der Waals surface area contributed by atoms with Crippen LogP contribution in [0.2, 0.25) is 5.02 Å². The molecule has 0 fully saturated rings. The first-order valence-electron chi connectivity index (χ1n) is 6.70. The van der Waals surface area contributed by atoms with E-state index in [0.29, 0.717) is 6.54 Å². The normalized spacial score (nSPS) is 11.3. The third-order valence-electron chi connectivity index (χ3n) is 3.51. The maximum Gasteiger partial charge on any atom is 0.0539 e. The van der Waals surface area contributed by atoms with Gasteiger partial charge in [-0.05, 0) is 24.6 Å². The van der Waals surface area contributed by atoms with Crippen LogP contribution in [0.4, 0.5) is 0 Å². The van der Waals surface area contributed by atoms with Crippen molar-refractivity contribution in [3.63, 3.8) is 0 Å². The van der Waals surface area contributed by atoms with Crippen LogP contribution in [0.25, 0.3) is 10.9 Å². The van der Waals surface area contributed by atoms with E-state index in [-0.39, 0.29) is 0 Å². The number of fused-ring (bicyclic) bond motifs is 1. The quantitative estimate of drug-likeness (QED) is 0.802. The van der Waals surface area contributed by atoms with Crippen LogP contribution in [0.5, 0.6) is 0 Å². The number of rotatable bonds is 4. The highest BCUT2D eigenvalue weighted by Crippen LogP contribution is 2.25. The molecule has 0 amide bonds. The molecule has 2 aromatic heterocycles. The summed E-state index contributed by atoms with van der Waals surface area (Å²) in [6.07, 6.45) is 6.07. The van der Waals surface area contributed by atoms with Crippen LogP contribution in [0, 0.1) is 0 Å². The van der Waals surface area contributed by atoms with Crippen molar-refractivity contribution in [2.75, 3.05) is 0 Å². The number of aromatic nitrogens is 3. The maximum atomic E-state index is 6.11. The van der Waals surface area contributed by atoms with Crippen LogP contribution < -0.4 is 5.73 Å². The second-order valence-electron chi connectivity index (χ2n) is 4.85. The second-order valence-corrected chi connectivity index (χ2v) is 5.29. The lowest BCUT2D eigenvalue weighted by atomic mass is 10.2. The summed E-state index contributed by atoms with van der Waals surface area (Å²) in [7, 11) is 0. The summed E-state index contributed by atoms with van der Waals surface area (Å²) in [4.78, 5) is 0. The molecule has 3 aromatic rings. The van der Waals surface area contributed by atoms with Crippen molar-refractivity contribution in [1.82, 2.24) is 14.3 Å². The van der Waals surface area contributed by atoms with Gasteiger partial charge in [-0.3, -0.25) is 4.68 Å². The number of nitrogens with two attached hydrogens (primary N) is 1. The van der Waals surface area contributed by atoms with Crippen molar-refractivity contribution >= 4 is 22.5 Å². The van der Waals surface area contributed by atoms with Gasteiger partial charge >= 0.3 is 0 Å². The smallest absolute Gasteiger partial charge is 0.0539 e. The molecule has 0 aliphatic rings. The van der Waals surface area contributed by atoms with Gasteiger partial charge in [0.15, 0.2) is 0 Å². The Morgan fingerprint density at radius 3 is 2.85 bits per heavy atom. The zero-order valence-corrected chi connectivity index (χ0v) is 12.1. The SMILES string of the molecule is CCn1cc(Cn2cc(CN)c3ccc(Cl)cc32)cn1. The minimum absolute atomic E-state index is 0.527. The molecule has 3 rings (SSSR count). The molecule has 0 saturated carbocycles. The topological polar surface area (TPSA) is 48.8 Å². The fraction of sp³-hybridized carbons (Fsp3) is 0.267. The standard InChI is InChI=1S/C15H17ClN4/c1-2-20-9-11(7-18-20)8-19-10-12(6-17)14-4-3-13(16)5-15(14)19/h3-5,7,9-10H,2,6,8,17H2,1H3. The van der Waals surface area contributed by atoms with Gasteiger partial charge in [0, 0.05) is 41.5 Å². The minimum Gasteiger partial charge on any atom is -0.343 e. The molecule has 0 bridgehead atoms. The number of halogens is 1. The summed E-state index contributed by atoms with van der Waals surface area (Å²) in [6, 6.07) is 5.93. The Labute approximate surface area is 122 Å². The van der Waals surface area contributed by atoms with Gasteiger partial charge in [-0.1, -0.05) is 17.7 Å². The summed E-state index contributed by atoms with van der Waals surface area (Å²) in [6.45, 7) is 4.26. The van der Waals surface area contributed by atoms with E-state index in [2.05, 4.69) is 29.0 Å². The van der Waals surface area contributed by atoms with Crippen LogP contribution in [-0.4, -0.2) is 14.3 Å². The molecule has 0 aliphatic heterocycles. The Balaban J connectivity index is 2.04.